The lowest BCUT2D eigenvalue weighted by Crippen LogP contribution is -2.17. The number of methoxy groups -OCH3 is 1. The first-order chi connectivity index (χ1) is 9.20. The summed E-state index contributed by atoms with van der Waals surface area (Å²) in [5, 5.41) is 13.4. The molecule has 98 valence electrons. The minimum atomic E-state index is -0.525. The number of nitrogens with one attached hydrogen (secondary N) is 1. The summed E-state index contributed by atoms with van der Waals surface area (Å²) in [5.41, 5.74) is 2.39. The highest BCUT2D eigenvalue weighted by Gasteiger charge is 2.10. The lowest BCUT2D eigenvalue weighted by Gasteiger charge is -2.05. The number of phenols is 1. The Bertz CT molecular complexity index is 591. The summed E-state index contributed by atoms with van der Waals surface area (Å²) in [6.45, 7) is 0. The molecule has 6 heteroatoms. The lowest BCUT2D eigenvalue weighted by molar-refractivity contribution is 0.0952. The van der Waals surface area contributed by atoms with Crippen LogP contribution in [0.2, 0.25) is 0 Å². The number of ether oxygens (including phenoxy) is 1. The Morgan fingerprint density at radius 3 is 2.95 bits per heavy atom. The maximum absolute atomic E-state index is 11.7. The second-order valence-corrected chi connectivity index (χ2v) is 3.60. The molecule has 2 rings (SSSR count). The van der Waals surface area contributed by atoms with Crippen LogP contribution in [-0.2, 0) is 0 Å². The minimum Gasteiger partial charge on any atom is -0.507 e. The number of carbonyl (C=O) groups is 1. The van der Waals surface area contributed by atoms with E-state index in [2.05, 4.69) is 10.5 Å². The number of carbonyl (C=O) groups excluding carboxylic acids is 1. The molecule has 19 heavy (non-hydrogen) atoms. The van der Waals surface area contributed by atoms with E-state index in [1.54, 1.807) is 18.2 Å². The first-order valence-electron chi connectivity index (χ1n) is 5.44. The first kappa shape index (κ1) is 12.7. The number of amides is 1. The van der Waals surface area contributed by atoms with E-state index in [4.69, 9.17) is 9.15 Å². The molecule has 0 saturated heterocycles. The molecule has 0 aliphatic heterocycles. The normalized spacial score (nSPS) is 10.6. The number of phenolic OH excluding ortho intramolecular Hbond substituents is 1. The van der Waals surface area contributed by atoms with Crippen molar-refractivity contribution in [1.29, 1.82) is 0 Å². The summed E-state index contributed by atoms with van der Waals surface area (Å²) >= 11 is 0. The number of rotatable bonds is 4. The van der Waals surface area contributed by atoms with Crippen molar-refractivity contribution in [2.45, 2.75) is 0 Å². The highest BCUT2D eigenvalue weighted by Crippen LogP contribution is 2.23. The molecule has 0 bridgehead atoms. The van der Waals surface area contributed by atoms with Gasteiger partial charge in [-0.2, -0.15) is 5.10 Å². The average Bonchev–Trinajstić information content (AvgIpc) is 2.91. The Morgan fingerprint density at radius 1 is 1.47 bits per heavy atom. The fourth-order valence-electron chi connectivity index (χ4n) is 1.41. The number of hydrogen-bond donors (Lipinski definition) is 2. The van der Waals surface area contributed by atoms with Crippen LogP contribution in [0, 0.1) is 0 Å². The summed E-state index contributed by atoms with van der Waals surface area (Å²) in [6, 6.07) is 7.78. The third-order valence-corrected chi connectivity index (χ3v) is 2.35. The van der Waals surface area contributed by atoms with Gasteiger partial charge in [0.25, 0.3) is 5.91 Å². The quantitative estimate of drug-likeness (QED) is 0.648. The summed E-state index contributed by atoms with van der Waals surface area (Å²) in [5.74, 6) is 0.278. The second-order valence-electron chi connectivity index (χ2n) is 3.60. The van der Waals surface area contributed by atoms with Crippen molar-refractivity contribution in [3.05, 3.63) is 47.9 Å². The zero-order valence-electron chi connectivity index (χ0n) is 10.2. The van der Waals surface area contributed by atoms with Gasteiger partial charge in [-0.1, -0.05) is 0 Å². The van der Waals surface area contributed by atoms with Crippen LogP contribution in [-0.4, -0.2) is 24.3 Å². The molecular formula is C13H12N2O4. The van der Waals surface area contributed by atoms with Crippen molar-refractivity contribution in [3.8, 4) is 11.5 Å². The Labute approximate surface area is 109 Å². The molecule has 0 fully saturated rings. The summed E-state index contributed by atoms with van der Waals surface area (Å²) in [6.07, 6.45) is 2.86. The average molecular weight is 260 g/mol. The van der Waals surface area contributed by atoms with E-state index >= 15 is 0 Å². The van der Waals surface area contributed by atoms with Crippen LogP contribution in [0.4, 0.5) is 0 Å². The number of benzene rings is 1. The second kappa shape index (κ2) is 5.72. The molecule has 0 atom stereocenters. The van der Waals surface area contributed by atoms with Gasteiger partial charge in [0.15, 0.2) is 0 Å². The number of nitrogens with zero attached hydrogens (tertiary/aromatic N) is 1. The zero-order chi connectivity index (χ0) is 13.7. The maximum atomic E-state index is 11.7. The van der Waals surface area contributed by atoms with Gasteiger partial charge in [0.05, 0.1) is 25.2 Å². The third-order valence-electron chi connectivity index (χ3n) is 2.35. The molecule has 1 heterocycles. The molecule has 2 N–H and O–H groups in total. The molecular weight excluding hydrogens is 248 g/mol. The Hall–Kier alpha value is -2.76. The van der Waals surface area contributed by atoms with Crippen LogP contribution >= 0.6 is 0 Å². The molecule has 0 unspecified atom stereocenters. The van der Waals surface area contributed by atoms with E-state index in [1.807, 2.05) is 0 Å². The van der Waals surface area contributed by atoms with Crippen molar-refractivity contribution >= 4 is 12.1 Å². The molecule has 6 nitrogen and oxygen atoms in total. The van der Waals surface area contributed by atoms with Crippen molar-refractivity contribution in [2.75, 3.05) is 7.11 Å². The van der Waals surface area contributed by atoms with E-state index < -0.39 is 5.91 Å². The number of hydrazone groups is 1. The van der Waals surface area contributed by atoms with Gasteiger partial charge in [-0.25, -0.2) is 5.43 Å². The van der Waals surface area contributed by atoms with Gasteiger partial charge in [0.2, 0.25) is 0 Å². The molecule has 0 saturated carbocycles. The third kappa shape index (κ3) is 3.12. The molecule has 1 amide bonds. The van der Waals surface area contributed by atoms with Crippen LogP contribution in [0.1, 0.15) is 16.1 Å². The fraction of sp³-hybridized carbons (Fsp3) is 0.0769. The molecule has 0 spiro atoms. The number of furan rings is 1. The monoisotopic (exact) mass is 260 g/mol. The predicted octanol–water partition coefficient (Wildman–Crippen LogP) is 1.76. The smallest absolute Gasteiger partial charge is 0.275 e. The van der Waals surface area contributed by atoms with Crippen LogP contribution in [0.25, 0.3) is 0 Å². The van der Waals surface area contributed by atoms with E-state index in [1.165, 1.54) is 31.7 Å². The van der Waals surface area contributed by atoms with Gasteiger partial charge >= 0.3 is 0 Å². The Morgan fingerprint density at radius 2 is 2.32 bits per heavy atom. The molecule has 2 aromatic rings. The van der Waals surface area contributed by atoms with Crippen LogP contribution in [0.15, 0.2) is 46.1 Å². The molecule has 0 aliphatic rings. The molecule has 1 aromatic heterocycles. The highest BCUT2D eigenvalue weighted by atomic mass is 16.5. The highest BCUT2D eigenvalue weighted by molar-refractivity contribution is 5.97. The zero-order valence-corrected chi connectivity index (χ0v) is 10.2. The first-order valence-corrected chi connectivity index (χ1v) is 5.44. The van der Waals surface area contributed by atoms with Crippen molar-refractivity contribution in [2.24, 2.45) is 5.10 Å². The van der Waals surface area contributed by atoms with E-state index in [-0.39, 0.29) is 11.3 Å². The van der Waals surface area contributed by atoms with Crippen molar-refractivity contribution in [1.82, 2.24) is 5.43 Å². The fourth-order valence-corrected chi connectivity index (χ4v) is 1.41. The summed E-state index contributed by atoms with van der Waals surface area (Å²) in [7, 11) is 1.47. The van der Waals surface area contributed by atoms with Gasteiger partial charge in [0.1, 0.15) is 17.3 Å². The van der Waals surface area contributed by atoms with Crippen LogP contribution in [0.5, 0.6) is 11.5 Å². The summed E-state index contributed by atoms with van der Waals surface area (Å²) < 4.78 is 9.93. The lowest BCUT2D eigenvalue weighted by atomic mass is 10.2. The van der Waals surface area contributed by atoms with Gasteiger partial charge in [-0.15, -0.1) is 0 Å². The predicted molar refractivity (Wildman–Crippen MR) is 68.4 cm³/mol. The van der Waals surface area contributed by atoms with E-state index in [0.717, 1.165) is 0 Å². The van der Waals surface area contributed by atoms with Crippen molar-refractivity contribution < 1.29 is 19.1 Å². The molecule has 0 radical (unpaired) electrons. The number of aromatic hydroxyl groups is 1. The standard InChI is InChI=1S/C13H12N2O4/c1-18-9-4-5-11(12(16)7-9)13(17)15-14-8-10-3-2-6-19-10/h2-8,16H,1H3,(H,15,17)/b14-8-. The largest absolute Gasteiger partial charge is 0.507 e. The van der Waals surface area contributed by atoms with E-state index in [9.17, 15) is 9.90 Å². The van der Waals surface area contributed by atoms with Crippen LogP contribution in [0.3, 0.4) is 0 Å². The molecule has 1 aromatic carbocycles. The van der Waals surface area contributed by atoms with Gasteiger partial charge in [-0.05, 0) is 24.3 Å². The van der Waals surface area contributed by atoms with Gasteiger partial charge in [-0.3, -0.25) is 4.79 Å². The number of hydrogen-bond acceptors (Lipinski definition) is 5. The minimum absolute atomic E-state index is 0.109. The SMILES string of the molecule is COc1ccc(C(=O)N/N=C\c2ccco2)c(O)c1. The van der Waals surface area contributed by atoms with E-state index in [0.29, 0.717) is 11.5 Å². The summed E-state index contributed by atoms with van der Waals surface area (Å²) in [4.78, 5) is 11.7. The van der Waals surface area contributed by atoms with Gasteiger partial charge < -0.3 is 14.3 Å². The van der Waals surface area contributed by atoms with Crippen molar-refractivity contribution in [3.63, 3.8) is 0 Å². The Kier molecular flexibility index (Phi) is 3.82. The topological polar surface area (TPSA) is 84.1 Å². The van der Waals surface area contributed by atoms with Gasteiger partial charge in [0, 0.05) is 6.07 Å². The Balaban J connectivity index is 2.04. The maximum Gasteiger partial charge on any atom is 0.275 e. The molecule has 0 aliphatic carbocycles. The van der Waals surface area contributed by atoms with Crippen LogP contribution < -0.4 is 10.2 Å².